The van der Waals surface area contributed by atoms with Gasteiger partial charge in [0.2, 0.25) is 5.95 Å². The highest BCUT2D eigenvalue weighted by Gasteiger charge is 2.41. The molecule has 0 aliphatic heterocycles. The number of nitriles is 1. The predicted octanol–water partition coefficient (Wildman–Crippen LogP) is 5.95. The quantitative estimate of drug-likeness (QED) is 0.256. The van der Waals surface area contributed by atoms with Gasteiger partial charge in [0.05, 0.1) is 16.7 Å². The van der Waals surface area contributed by atoms with E-state index in [2.05, 4.69) is 55.4 Å². The van der Waals surface area contributed by atoms with Crippen molar-refractivity contribution in [3.8, 4) is 6.07 Å². The molecular weight excluding hydrogens is 444 g/mol. The van der Waals surface area contributed by atoms with E-state index in [0.717, 1.165) is 61.2 Å². The Hall–Kier alpha value is -2.92. The Morgan fingerprint density at radius 3 is 2.91 bits per heavy atom. The van der Waals surface area contributed by atoms with Gasteiger partial charge in [-0.15, -0.1) is 11.3 Å². The molecule has 3 rings (SSSR count). The molecule has 2 aromatic heterocycles. The summed E-state index contributed by atoms with van der Waals surface area (Å²) in [5.74, 6) is 1.23. The molecule has 182 valence electrons. The Bertz CT molecular complexity index is 1100. The number of hydrogen-bond donors (Lipinski definition) is 1. The maximum Gasteiger partial charge on any atom is 0.226 e. The van der Waals surface area contributed by atoms with Crippen LogP contribution in [0.5, 0.6) is 0 Å². The first-order valence-corrected chi connectivity index (χ1v) is 12.9. The zero-order chi connectivity index (χ0) is 24.9. The lowest BCUT2D eigenvalue weighted by molar-refractivity contribution is 0.170. The lowest BCUT2D eigenvalue weighted by Gasteiger charge is -2.34. The fraction of sp³-hybridized carbons (Fsp3) is 0.538. The number of aryl methyl sites for hydroxylation is 1. The molecule has 0 saturated heterocycles. The number of thiophene rings is 1. The third kappa shape index (κ3) is 5.10. The molecule has 7 nitrogen and oxygen atoms in total. The van der Waals surface area contributed by atoms with E-state index in [9.17, 15) is 5.26 Å². The average Bonchev–Trinajstić information content (AvgIpc) is 3.18. The standard InChI is InChI=1S/C26H36N6OS/c1-7-9-15-32(17(3)8-2)25-29-14-12-21(30-25)18(4)31-33-19(5)26(6)13-10-11-22-23(26)20(16-27)24(28)34-22/h12,14,17H,5,7-11,13,15,28H2,1-4,6H3/b31-18+/t17-,26+/m0/s1. The number of nitrogen functional groups attached to an aromatic ring is 1. The number of oxime groups is 1. The molecule has 0 spiro atoms. The highest BCUT2D eigenvalue weighted by atomic mass is 32.1. The average molecular weight is 481 g/mol. The molecule has 0 bridgehead atoms. The molecule has 0 radical (unpaired) electrons. The van der Waals surface area contributed by atoms with E-state index in [-0.39, 0.29) is 0 Å². The summed E-state index contributed by atoms with van der Waals surface area (Å²) in [6.45, 7) is 15.6. The smallest absolute Gasteiger partial charge is 0.226 e. The molecule has 8 heteroatoms. The van der Waals surface area contributed by atoms with Crippen LogP contribution in [0.1, 0.15) is 88.4 Å². The largest absolute Gasteiger partial charge is 0.389 e. The van der Waals surface area contributed by atoms with Crippen LogP contribution < -0.4 is 10.6 Å². The van der Waals surface area contributed by atoms with Gasteiger partial charge in [-0.3, -0.25) is 0 Å². The van der Waals surface area contributed by atoms with Crippen molar-refractivity contribution in [2.45, 2.75) is 84.6 Å². The minimum atomic E-state index is -0.513. The molecule has 1 aliphatic carbocycles. The number of fused-ring (bicyclic) bond motifs is 1. The topological polar surface area (TPSA) is 100 Å². The predicted molar refractivity (Wildman–Crippen MR) is 140 cm³/mol. The summed E-state index contributed by atoms with van der Waals surface area (Å²) >= 11 is 1.50. The van der Waals surface area contributed by atoms with Crippen molar-refractivity contribution in [3.05, 3.63) is 46.3 Å². The van der Waals surface area contributed by atoms with Crippen LogP contribution in [-0.2, 0) is 16.7 Å². The number of rotatable bonds is 10. The van der Waals surface area contributed by atoms with Crippen LogP contribution in [0, 0.1) is 11.3 Å². The normalized spacial score (nSPS) is 18.6. The van der Waals surface area contributed by atoms with E-state index in [1.54, 1.807) is 6.20 Å². The first-order valence-electron chi connectivity index (χ1n) is 12.1. The number of unbranched alkanes of at least 4 members (excludes halogenated alkanes) is 1. The third-order valence-electron chi connectivity index (χ3n) is 6.81. The summed E-state index contributed by atoms with van der Waals surface area (Å²) in [6.07, 6.45) is 7.74. The van der Waals surface area contributed by atoms with Gasteiger partial charge in [0.15, 0.2) is 0 Å². The van der Waals surface area contributed by atoms with Crippen LogP contribution in [-0.4, -0.2) is 28.3 Å². The van der Waals surface area contributed by atoms with Crippen LogP contribution >= 0.6 is 11.3 Å². The van der Waals surface area contributed by atoms with E-state index in [0.29, 0.717) is 34.0 Å². The molecule has 0 unspecified atom stereocenters. The summed E-state index contributed by atoms with van der Waals surface area (Å²) in [6, 6.07) is 4.47. The second kappa shape index (κ2) is 11.0. The van der Waals surface area contributed by atoms with Gasteiger partial charge < -0.3 is 15.5 Å². The minimum Gasteiger partial charge on any atom is -0.389 e. The molecule has 0 aromatic carbocycles. The summed E-state index contributed by atoms with van der Waals surface area (Å²) in [7, 11) is 0. The highest BCUT2D eigenvalue weighted by molar-refractivity contribution is 7.16. The van der Waals surface area contributed by atoms with Crippen molar-refractivity contribution >= 4 is 28.0 Å². The van der Waals surface area contributed by atoms with Crippen molar-refractivity contribution < 1.29 is 4.84 Å². The molecule has 2 aromatic rings. The molecule has 0 saturated carbocycles. The van der Waals surface area contributed by atoms with Gasteiger partial charge in [-0.2, -0.15) is 5.26 Å². The van der Waals surface area contributed by atoms with Crippen molar-refractivity contribution in [2.24, 2.45) is 5.16 Å². The van der Waals surface area contributed by atoms with Gasteiger partial charge in [0.25, 0.3) is 0 Å². The number of aromatic nitrogens is 2. The number of anilines is 2. The third-order valence-corrected chi connectivity index (χ3v) is 7.89. The maximum absolute atomic E-state index is 9.69. The van der Waals surface area contributed by atoms with Crippen LogP contribution in [0.15, 0.2) is 29.8 Å². The Morgan fingerprint density at radius 2 is 2.24 bits per heavy atom. The molecule has 2 heterocycles. The van der Waals surface area contributed by atoms with Crippen LogP contribution in [0.25, 0.3) is 0 Å². The molecular formula is C26H36N6OS. The Balaban J connectivity index is 1.83. The van der Waals surface area contributed by atoms with Crippen LogP contribution in [0.4, 0.5) is 10.9 Å². The fourth-order valence-electron chi connectivity index (χ4n) is 4.40. The molecule has 2 atom stereocenters. The monoisotopic (exact) mass is 480 g/mol. The second-order valence-electron chi connectivity index (χ2n) is 9.17. The number of allylic oxidation sites excluding steroid dienone is 1. The molecule has 34 heavy (non-hydrogen) atoms. The van der Waals surface area contributed by atoms with Crippen molar-refractivity contribution in [1.82, 2.24) is 9.97 Å². The maximum atomic E-state index is 9.69. The summed E-state index contributed by atoms with van der Waals surface area (Å²) in [5.41, 5.74) is 8.48. The Morgan fingerprint density at radius 1 is 1.47 bits per heavy atom. The van der Waals surface area contributed by atoms with Gasteiger partial charge in [0, 0.05) is 23.7 Å². The van der Waals surface area contributed by atoms with Gasteiger partial charge in [-0.05, 0) is 64.5 Å². The SMILES string of the molecule is C=C(O/N=C(\C)c1ccnc(N(CCCC)[C@@H](C)CC)n1)[C@@]1(C)CCCc2sc(N)c(C#N)c21. The van der Waals surface area contributed by atoms with E-state index < -0.39 is 5.41 Å². The van der Waals surface area contributed by atoms with Crippen LogP contribution in [0.3, 0.4) is 0 Å². The summed E-state index contributed by atoms with van der Waals surface area (Å²) < 4.78 is 0. The molecule has 0 fully saturated rings. The minimum absolute atomic E-state index is 0.350. The van der Waals surface area contributed by atoms with Gasteiger partial charge in [-0.1, -0.05) is 32.0 Å². The Kier molecular flexibility index (Phi) is 8.32. The van der Waals surface area contributed by atoms with Gasteiger partial charge in [0.1, 0.15) is 22.5 Å². The lowest BCUT2D eigenvalue weighted by atomic mass is 9.71. The number of nitrogens with two attached hydrogens (primary N) is 1. The zero-order valence-electron chi connectivity index (χ0n) is 21.0. The fourth-order valence-corrected chi connectivity index (χ4v) is 5.59. The molecule has 2 N–H and O–H groups in total. The Labute approximate surface area is 207 Å². The van der Waals surface area contributed by atoms with E-state index in [4.69, 9.17) is 15.6 Å². The first kappa shape index (κ1) is 25.7. The van der Waals surface area contributed by atoms with Crippen molar-refractivity contribution in [1.29, 1.82) is 5.26 Å². The van der Waals surface area contributed by atoms with E-state index in [1.807, 2.05) is 13.0 Å². The first-order chi connectivity index (χ1) is 16.3. The second-order valence-corrected chi connectivity index (χ2v) is 10.3. The van der Waals surface area contributed by atoms with E-state index in [1.165, 1.54) is 11.3 Å². The molecule has 1 aliphatic rings. The van der Waals surface area contributed by atoms with Crippen LogP contribution in [0.2, 0.25) is 0 Å². The highest BCUT2D eigenvalue weighted by Crippen LogP contribution is 2.48. The van der Waals surface area contributed by atoms with E-state index >= 15 is 0 Å². The zero-order valence-corrected chi connectivity index (χ0v) is 21.8. The number of hydrogen-bond acceptors (Lipinski definition) is 8. The summed E-state index contributed by atoms with van der Waals surface area (Å²) in [4.78, 5) is 18.6. The van der Waals surface area contributed by atoms with Gasteiger partial charge in [-0.25, -0.2) is 9.97 Å². The lowest BCUT2D eigenvalue weighted by Crippen LogP contribution is -2.35. The summed E-state index contributed by atoms with van der Waals surface area (Å²) in [5, 5.41) is 14.6. The van der Waals surface area contributed by atoms with Crippen molar-refractivity contribution in [2.75, 3.05) is 17.2 Å². The molecule has 0 amide bonds. The van der Waals surface area contributed by atoms with Gasteiger partial charge >= 0.3 is 0 Å². The number of nitrogens with zero attached hydrogens (tertiary/aromatic N) is 5. The van der Waals surface area contributed by atoms with Crippen molar-refractivity contribution in [3.63, 3.8) is 0 Å².